The number of aliphatic hydroxyl groups is 1. The van der Waals surface area contributed by atoms with E-state index in [4.69, 9.17) is 9.47 Å². The van der Waals surface area contributed by atoms with Gasteiger partial charge in [-0.2, -0.15) is 13.2 Å². The number of aromatic nitrogens is 1. The third-order valence-electron chi connectivity index (χ3n) is 9.63. The van der Waals surface area contributed by atoms with Crippen molar-refractivity contribution in [3.05, 3.63) is 125 Å². The first-order valence-corrected chi connectivity index (χ1v) is 17.5. The lowest BCUT2D eigenvalue weighted by atomic mass is 9.97. The predicted molar refractivity (Wildman–Crippen MR) is 188 cm³/mol. The smallest absolute Gasteiger partial charge is 0.392 e. The van der Waals surface area contributed by atoms with Gasteiger partial charge in [0.25, 0.3) is 0 Å². The first kappa shape index (κ1) is 37.1. The van der Waals surface area contributed by atoms with Crippen molar-refractivity contribution in [3.8, 4) is 11.1 Å². The van der Waals surface area contributed by atoms with Gasteiger partial charge in [0, 0.05) is 56.5 Å². The molecule has 2 fully saturated rings. The number of amides is 2. The van der Waals surface area contributed by atoms with Crippen LogP contribution in [0.5, 0.6) is 0 Å². The number of likely N-dealkylation sites (N-methyl/N-ethyl adjacent to an activating group) is 1. The molecule has 3 heterocycles. The van der Waals surface area contributed by atoms with Crippen LogP contribution in [0, 0.1) is 0 Å². The number of ether oxygens (including phenoxy) is 2. The van der Waals surface area contributed by atoms with Gasteiger partial charge in [0.15, 0.2) is 6.29 Å². The first-order valence-electron chi connectivity index (χ1n) is 17.5. The standard InChI is InChI=1S/C40H43F3N4O5/c1-46(22-19-32-8-4-5-20-44-32)25-33-23-36(29-13-11-27(26-48)12-14-29)52-38(51-33)30-17-15-28(16-18-30)34-9-3-2-7-31(34)24-45-37(49)35-10-6-21-47(35)39(50)40(41,42)43/h2-5,7-9,11-18,20,33,35-36,38,48H,6,10,19,21-26H2,1H3,(H,45,49)/t33-,35-,36+,38+/m0/s1. The van der Waals surface area contributed by atoms with Gasteiger partial charge in [-0.3, -0.25) is 14.6 Å². The summed E-state index contributed by atoms with van der Waals surface area (Å²) in [4.78, 5) is 32.1. The summed E-state index contributed by atoms with van der Waals surface area (Å²) in [6.07, 6.45) is -2.23. The number of hydrogen-bond acceptors (Lipinski definition) is 7. The van der Waals surface area contributed by atoms with Crippen LogP contribution in [0.25, 0.3) is 11.1 Å². The largest absolute Gasteiger partial charge is 0.471 e. The van der Waals surface area contributed by atoms with Crippen LogP contribution in [0.4, 0.5) is 13.2 Å². The highest BCUT2D eigenvalue weighted by Crippen LogP contribution is 2.39. The molecule has 4 atom stereocenters. The fraction of sp³-hybridized carbons (Fsp3) is 0.375. The molecule has 0 radical (unpaired) electrons. The highest BCUT2D eigenvalue weighted by molar-refractivity contribution is 5.90. The van der Waals surface area contributed by atoms with Crippen LogP contribution >= 0.6 is 0 Å². The van der Waals surface area contributed by atoms with Crippen LogP contribution in [0.2, 0.25) is 0 Å². The normalized spacial score (nSPS) is 20.6. The molecule has 2 amide bonds. The molecule has 4 aromatic rings. The number of carbonyl (C=O) groups is 2. The summed E-state index contributed by atoms with van der Waals surface area (Å²) in [6.45, 7) is 1.46. The number of alkyl halides is 3. The summed E-state index contributed by atoms with van der Waals surface area (Å²) >= 11 is 0. The third-order valence-corrected chi connectivity index (χ3v) is 9.63. The molecule has 52 heavy (non-hydrogen) atoms. The van der Waals surface area contributed by atoms with E-state index < -0.39 is 30.3 Å². The number of likely N-dealkylation sites (tertiary alicyclic amines) is 1. The number of halogens is 3. The highest BCUT2D eigenvalue weighted by Gasteiger charge is 2.47. The summed E-state index contributed by atoms with van der Waals surface area (Å²) in [5.41, 5.74) is 6.20. The SMILES string of the molecule is CN(CCc1ccccn1)C[C@@H]1C[C@H](c2ccc(CO)cc2)O[C@H](c2ccc(-c3ccccc3CNC(=O)[C@@H]3CCCN3C(=O)C(F)(F)F)cc2)O1. The Morgan fingerprint density at radius 3 is 2.40 bits per heavy atom. The maximum atomic E-state index is 13.1. The molecule has 0 unspecified atom stereocenters. The zero-order valence-corrected chi connectivity index (χ0v) is 29.0. The molecule has 1 aromatic heterocycles. The molecule has 274 valence electrons. The number of pyridine rings is 1. The Hall–Kier alpha value is -4.62. The summed E-state index contributed by atoms with van der Waals surface area (Å²) in [7, 11) is 2.07. The predicted octanol–water partition coefficient (Wildman–Crippen LogP) is 6.13. The number of nitrogens with one attached hydrogen (secondary N) is 1. The monoisotopic (exact) mass is 716 g/mol. The van der Waals surface area contributed by atoms with Crippen LogP contribution in [0.3, 0.4) is 0 Å². The van der Waals surface area contributed by atoms with Crippen LogP contribution in [0.15, 0.2) is 97.2 Å². The minimum atomic E-state index is -5.03. The van der Waals surface area contributed by atoms with Crippen molar-refractivity contribution in [1.82, 2.24) is 20.1 Å². The maximum Gasteiger partial charge on any atom is 0.471 e. The van der Waals surface area contributed by atoms with Gasteiger partial charge in [-0.05, 0) is 59.8 Å². The van der Waals surface area contributed by atoms with Gasteiger partial charge in [0.1, 0.15) is 6.04 Å². The molecular weight excluding hydrogens is 673 g/mol. The zero-order chi connectivity index (χ0) is 36.7. The Morgan fingerprint density at radius 2 is 1.69 bits per heavy atom. The molecule has 12 heteroatoms. The highest BCUT2D eigenvalue weighted by atomic mass is 19.4. The van der Waals surface area contributed by atoms with E-state index in [0.717, 1.165) is 52.0 Å². The average Bonchev–Trinajstić information content (AvgIpc) is 3.66. The number of nitrogens with zero attached hydrogens (tertiary/aromatic N) is 3. The van der Waals surface area contributed by atoms with E-state index in [1.54, 1.807) is 6.20 Å². The second kappa shape index (κ2) is 16.8. The third kappa shape index (κ3) is 9.23. The second-order valence-electron chi connectivity index (χ2n) is 13.3. The Morgan fingerprint density at radius 1 is 0.962 bits per heavy atom. The summed E-state index contributed by atoms with van der Waals surface area (Å²) < 4.78 is 52.4. The van der Waals surface area contributed by atoms with Gasteiger partial charge in [-0.15, -0.1) is 0 Å². The van der Waals surface area contributed by atoms with Crippen molar-refractivity contribution >= 4 is 11.8 Å². The molecule has 6 rings (SSSR count). The molecule has 0 spiro atoms. The van der Waals surface area contributed by atoms with Gasteiger partial charge in [0.2, 0.25) is 5.91 Å². The van der Waals surface area contributed by atoms with E-state index >= 15 is 0 Å². The molecule has 9 nitrogen and oxygen atoms in total. The molecule has 2 aliphatic rings. The Bertz CT molecular complexity index is 1790. The van der Waals surface area contributed by atoms with Crippen molar-refractivity contribution < 1.29 is 37.3 Å². The minimum absolute atomic E-state index is 0.0365. The number of benzene rings is 3. The lowest BCUT2D eigenvalue weighted by Gasteiger charge is -2.38. The average molecular weight is 717 g/mol. The minimum Gasteiger partial charge on any atom is -0.392 e. The van der Waals surface area contributed by atoms with E-state index in [1.165, 1.54) is 0 Å². The van der Waals surface area contributed by atoms with E-state index in [9.17, 15) is 27.9 Å². The van der Waals surface area contributed by atoms with Gasteiger partial charge in [-0.1, -0.05) is 78.9 Å². The van der Waals surface area contributed by atoms with E-state index in [0.29, 0.717) is 24.3 Å². The van der Waals surface area contributed by atoms with E-state index in [1.807, 2.05) is 91.0 Å². The molecular formula is C40H43F3N4O5. The molecule has 2 aliphatic heterocycles. The quantitative estimate of drug-likeness (QED) is 0.182. The number of rotatable bonds is 12. The van der Waals surface area contributed by atoms with Crippen molar-refractivity contribution in [2.45, 2.75) is 69.6 Å². The number of aliphatic hydroxyl groups excluding tert-OH is 1. The van der Waals surface area contributed by atoms with Crippen LogP contribution in [0.1, 0.15) is 59.6 Å². The van der Waals surface area contributed by atoms with Gasteiger partial charge in [-0.25, -0.2) is 0 Å². The van der Waals surface area contributed by atoms with E-state index in [2.05, 4.69) is 22.2 Å². The van der Waals surface area contributed by atoms with Crippen molar-refractivity contribution in [1.29, 1.82) is 0 Å². The van der Waals surface area contributed by atoms with Crippen molar-refractivity contribution in [2.24, 2.45) is 0 Å². The lowest BCUT2D eigenvalue weighted by Crippen LogP contribution is -2.50. The Labute approximate surface area is 301 Å². The topological polar surface area (TPSA) is 104 Å². The van der Waals surface area contributed by atoms with Crippen molar-refractivity contribution in [3.63, 3.8) is 0 Å². The summed E-state index contributed by atoms with van der Waals surface area (Å²) in [5.74, 6) is -2.59. The van der Waals surface area contributed by atoms with Gasteiger partial charge in [0.05, 0.1) is 18.8 Å². The van der Waals surface area contributed by atoms with Gasteiger partial charge < -0.3 is 29.7 Å². The lowest BCUT2D eigenvalue weighted by molar-refractivity contribution is -0.252. The summed E-state index contributed by atoms with van der Waals surface area (Å²) in [6, 6.07) is 27.8. The number of carbonyl (C=O) groups excluding carboxylic acids is 2. The van der Waals surface area contributed by atoms with Gasteiger partial charge >= 0.3 is 12.1 Å². The first-order chi connectivity index (χ1) is 25.1. The molecule has 2 saturated heterocycles. The molecule has 3 aromatic carbocycles. The van der Waals surface area contributed by atoms with E-state index in [-0.39, 0.29) is 38.3 Å². The molecule has 0 saturated carbocycles. The molecule has 0 aliphatic carbocycles. The second-order valence-corrected chi connectivity index (χ2v) is 13.3. The van der Waals surface area contributed by atoms with Crippen LogP contribution in [-0.2, 0) is 38.6 Å². The Kier molecular flexibility index (Phi) is 12.0. The Balaban J connectivity index is 1.14. The summed E-state index contributed by atoms with van der Waals surface area (Å²) in [5, 5.41) is 12.3. The number of hydrogen-bond donors (Lipinski definition) is 2. The zero-order valence-electron chi connectivity index (χ0n) is 29.0. The fourth-order valence-electron chi connectivity index (χ4n) is 6.84. The maximum absolute atomic E-state index is 13.1. The van der Waals surface area contributed by atoms with Crippen LogP contribution in [-0.4, -0.2) is 76.7 Å². The van der Waals surface area contributed by atoms with Crippen molar-refractivity contribution in [2.75, 3.05) is 26.7 Å². The fourth-order valence-corrected chi connectivity index (χ4v) is 6.84. The molecule has 2 N–H and O–H groups in total. The van der Waals surface area contributed by atoms with Crippen LogP contribution < -0.4 is 5.32 Å². The molecule has 0 bridgehead atoms.